The molecule has 0 heterocycles. The molecule has 122 valence electrons. The average Bonchev–Trinajstić information content (AvgIpc) is 2.49. The molecule has 0 unspecified atom stereocenters. The van der Waals surface area contributed by atoms with Crippen LogP contribution in [0.5, 0.6) is 0 Å². The molecule has 0 fully saturated rings. The van der Waals surface area contributed by atoms with Crippen molar-refractivity contribution >= 4 is 27.5 Å². The van der Waals surface area contributed by atoms with Crippen LogP contribution in [0.4, 0.5) is 0 Å². The predicted octanol–water partition coefficient (Wildman–Crippen LogP) is 3.48. The smallest absolute Gasteiger partial charge is 0.264 e. The molecule has 1 amide bonds. The molecule has 2 rings (SSSR count). The number of carbonyl (C=O) groups is 1. The molecule has 0 bridgehead atoms. The summed E-state index contributed by atoms with van der Waals surface area (Å²) in [7, 11) is -3.87. The first-order valence-electron chi connectivity index (χ1n) is 7.23. The third-order valence-corrected chi connectivity index (χ3v) is 4.95. The molecule has 1 N–H and O–H groups in total. The molecule has 0 aliphatic carbocycles. The van der Waals surface area contributed by atoms with Crippen LogP contribution in [0.3, 0.4) is 0 Å². The van der Waals surface area contributed by atoms with Crippen molar-refractivity contribution < 1.29 is 13.2 Å². The molecule has 0 saturated heterocycles. The fourth-order valence-corrected chi connectivity index (χ4v) is 3.42. The van der Waals surface area contributed by atoms with Crippen molar-refractivity contribution in [2.24, 2.45) is 0 Å². The Morgan fingerprint density at radius 3 is 2.48 bits per heavy atom. The average molecular weight is 352 g/mol. The summed E-state index contributed by atoms with van der Waals surface area (Å²) in [5.41, 5.74) is 2.31. The summed E-state index contributed by atoms with van der Waals surface area (Å²) < 4.78 is 26.2. The number of amides is 1. The SMILES string of the molecule is Cc1ccc(CCCC(=O)NS(=O)(=O)c2cccc(Cl)c2)cc1. The zero-order chi connectivity index (χ0) is 16.9. The van der Waals surface area contributed by atoms with Crippen molar-refractivity contribution in [1.29, 1.82) is 0 Å². The third-order valence-electron chi connectivity index (χ3n) is 3.34. The molecular formula is C17H18ClNO3S. The molecule has 2 aromatic rings. The Morgan fingerprint density at radius 2 is 1.83 bits per heavy atom. The maximum atomic E-state index is 12.1. The van der Waals surface area contributed by atoms with Crippen LogP contribution in [0, 0.1) is 6.92 Å². The molecule has 0 saturated carbocycles. The van der Waals surface area contributed by atoms with Crippen molar-refractivity contribution in [2.45, 2.75) is 31.1 Å². The summed E-state index contributed by atoms with van der Waals surface area (Å²) in [5.74, 6) is -0.517. The van der Waals surface area contributed by atoms with E-state index >= 15 is 0 Å². The Morgan fingerprint density at radius 1 is 1.13 bits per heavy atom. The molecule has 6 heteroatoms. The topological polar surface area (TPSA) is 63.2 Å². The quantitative estimate of drug-likeness (QED) is 0.866. The van der Waals surface area contributed by atoms with Crippen molar-refractivity contribution in [1.82, 2.24) is 4.72 Å². The molecule has 0 aliphatic heterocycles. The van der Waals surface area contributed by atoms with E-state index in [-0.39, 0.29) is 11.3 Å². The molecule has 0 radical (unpaired) electrons. The van der Waals surface area contributed by atoms with Crippen LogP contribution in [0.15, 0.2) is 53.4 Å². The number of hydrogen-bond donors (Lipinski definition) is 1. The highest BCUT2D eigenvalue weighted by atomic mass is 35.5. The number of halogens is 1. The maximum absolute atomic E-state index is 12.1. The first-order chi connectivity index (χ1) is 10.9. The van der Waals surface area contributed by atoms with E-state index in [1.54, 1.807) is 6.07 Å². The second kappa shape index (κ2) is 7.62. The molecular weight excluding hydrogens is 334 g/mol. The Kier molecular flexibility index (Phi) is 5.80. The summed E-state index contributed by atoms with van der Waals surface area (Å²) in [6.45, 7) is 2.01. The van der Waals surface area contributed by atoms with Gasteiger partial charge in [-0.05, 0) is 43.5 Å². The summed E-state index contributed by atoms with van der Waals surface area (Å²) in [5, 5.41) is 0.305. The van der Waals surface area contributed by atoms with Gasteiger partial charge < -0.3 is 0 Å². The van der Waals surface area contributed by atoms with Gasteiger partial charge in [-0.1, -0.05) is 47.5 Å². The van der Waals surface area contributed by atoms with Crippen LogP contribution in [0.2, 0.25) is 5.02 Å². The lowest BCUT2D eigenvalue weighted by Gasteiger charge is -2.07. The Hall–Kier alpha value is -1.85. The minimum atomic E-state index is -3.87. The lowest BCUT2D eigenvalue weighted by molar-refractivity contribution is -0.119. The van der Waals surface area contributed by atoms with Crippen molar-refractivity contribution in [3.63, 3.8) is 0 Å². The summed E-state index contributed by atoms with van der Waals surface area (Å²) >= 11 is 5.77. The largest absolute Gasteiger partial charge is 0.274 e. The van der Waals surface area contributed by atoms with E-state index in [0.717, 1.165) is 12.0 Å². The molecule has 4 nitrogen and oxygen atoms in total. The monoisotopic (exact) mass is 351 g/mol. The third kappa shape index (κ3) is 5.37. The minimum absolute atomic E-state index is 0.0168. The van der Waals surface area contributed by atoms with Crippen LogP contribution < -0.4 is 4.72 Å². The zero-order valence-electron chi connectivity index (χ0n) is 12.8. The van der Waals surface area contributed by atoms with E-state index in [1.807, 2.05) is 31.2 Å². The fourth-order valence-electron chi connectivity index (χ4n) is 2.10. The van der Waals surface area contributed by atoms with E-state index in [0.29, 0.717) is 11.4 Å². The molecule has 0 aliphatic rings. The van der Waals surface area contributed by atoms with Gasteiger partial charge in [0.1, 0.15) is 0 Å². The lowest BCUT2D eigenvalue weighted by atomic mass is 10.1. The predicted molar refractivity (Wildman–Crippen MR) is 90.9 cm³/mol. The van der Waals surface area contributed by atoms with Crippen LogP contribution in [-0.4, -0.2) is 14.3 Å². The molecule has 2 aromatic carbocycles. The van der Waals surface area contributed by atoms with Crippen molar-refractivity contribution in [3.8, 4) is 0 Å². The van der Waals surface area contributed by atoms with Crippen LogP contribution in [-0.2, 0) is 21.2 Å². The molecule has 0 spiro atoms. The van der Waals surface area contributed by atoms with Crippen molar-refractivity contribution in [2.75, 3.05) is 0 Å². The van der Waals surface area contributed by atoms with Crippen LogP contribution >= 0.6 is 11.6 Å². The number of benzene rings is 2. The van der Waals surface area contributed by atoms with Gasteiger partial charge >= 0.3 is 0 Å². The minimum Gasteiger partial charge on any atom is -0.274 e. The second-order valence-corrected chi connectivity index (χ2v) is 7.44. The van der Waals surface area contributed by atoms with Gasteiger partial charge in [0.15, 0.2) is 0 Å². The number of hydrogen-bond acceptors (Lipinski definition) is 3. The molecule has 23 heavy (non-hydrogen) atoms. The van der Waals surface area contributed by atoms with E-state index in [1.165, 1.54) is 23.8 Å². The summed E-state index contributed by atoms with van der Waals surface area (Å²) in [6.07, 6.45) is 1.46. The summed E-state index contributed by atoms with van der Waals surface area (Å²) in [4.78, 5) is 11.8. The Labute approximate surface area is 141 Å². The lowest BCUT2D eigenvalue weighted by Crippen LogP contribution is -2.30. The van der Waals surface area contributed by atoms with Crippen molar-refractivity contribution in [3.05, 3.63) is 64.7 Å². The van der Waals surface area contributed by atoms with Gasteiger partial charge in [-0.25, -0.2) is 13.1 Å². The second-order valence-electron chi connectivity index (χ2n) is 5.33. The number of sulfonamides is 1. The Balaban J connectivity index is 1.88. The number of carbonyl (C=O) groups excluding carboxylic acids is 1. The van der Waals surface area contributed by atoms with Gasteiger partial charge in [-0.3, -0.25) is 4.79 Å². The van der Waals surface area contributed by atoms with Gasteiger partial charge in [-0.15, -0.1) is 0 Å². The van der Waals surface area contributed by atoms with E-state index in [4.69, 9.17) is 11.6 Å². The van der Waals surface area contributed by atoms with Gasteiger partial charge in [0, 0.05) is 11.4 Å². The fraction of sp³-hybridized carbons (Fsp3) is 0.235. The van der Waals surface area contributed by atoms with Gasteiger partial charge in [0.2, 0.25) is 5.91 Å². The first-order valence-corrected chi connectivity index (χ1v) is 9.10. The normalized spacial score (nSPS) is 11.2. The van der Waals surface area contributed by atoms with Crippen LogP contribution in [0.25, 0.3) is 0 Å². The highest BCUT2D eigenvalue weighted by Gasteiger charge is 2.17. The van der Waals surface area contributed by atoms with Gasteiger partial charge in [0.05, 0.1) is 4.90 Å². The molecule has 0 atom stereocenters. The zero-order valence-corrected chi connectivity index (χ0v) is 14.3. The maximum Gasteiger partial charge on any atom is 0.264 e. The first kappa shape index (κ1) is 17.5. The van der Waals surface area contributed by atoms with E-state index in [2.05, 4.69) is 4.72 Å². The molecule has 0 aromatic heterocycles. The number of nitrogens with one attached hydrogen (secondary N) is 1. The van der Waals surface area contributed by atoms with Gasteiger partial charge in [-0.2, -0.15) is 0 Å². The number of rotatable bonds is 6. The highest BCUT2D eigenvalue weighted by molar-refractivity contribution is 7.90. The summed E-state index contributed by atoms with van der Waals surface area (Å²) in [6, 6.07) is 13.9. The highest BCUT2D eigenvalue weighted by Crippen LogP contribution is 2.15. The van der Waals surface area contributed by atoms with Crippen LogP contribution in [0.1, 0.15) is 24.0 Å². The standard InChI is InChI=1S/C17H18ClNO3S/c1-13-8-10-14(11-9-13)4-2-7-17(20)19-23(21,22)16-6-3-5-15(18)12-16/h3,5-6,8-12H,2,4,7H2,1H3,(H,19,20). The van der Waals surface area contributed by atoms with E-state index < -0.39 is 15.9 Å². The Bertz CT molecular complexity index is 786. The van der Waals surface area contributed by atoms with E-state index in [9.17, 15) is 13.2 Å². The number of aryl methyl sites for hydroxylation is 2. The van der Waals surface area contributed by atoms with Gasteiger partial charge in [0.25, 0.3) is 10.0 Å².